The van der Waals surface area contributed by atoms with Crippen molar-refractivity contribution >= 4 is 6.21 Å². The highest BCUT2D eigenvalue weighted by Gasteiger charge is 2.05. The number of aliphatic imine (C=N–C) groups is 1. The normalized spacial score (nSPS) is 11.3. The number of para-hydroxylation sites is 1. The number of nitrogens with one attached hydrogen (secondary N) is 1. The van der Waals surface area contributed by atoms with Crippen LogP contribution in [0.5, 0.6) is 11.5 Å². The summed E-state index contributed by atoms with van der Waals surface area (Å²) in [6, 6.07) is 14.0. The molecular weight excluding hydrogens is 300 g/mol. The molecule has 0 radical (unpaired) electrons. The van der Waals surface area contributed by atoms with Crippen molar-refractivity contribution < 1.29 is 14.7 Å². The van der Waals surface area contributed by atoms with Gasteiger partial charge in [-0.05, 0) is 31.5 Å². The third kappa shape index (κ3) is 4.83. The van der Waals surface area contributed by atoms with Gasteiger partial charge in [-0.15, -0.1) is 0 Å². The fourth-order valence-corrected chi connectivity index (χ4v) is 2.61. The van der Waals surface area contributed by atoms with E-state index in [1.165, 1.54) is 12.7 Å². The van der Waals surface area contributed by atoms with Crippen molar-refractivity contribution in [3.63, 3.8) is 0 Å². The molecule has 0 aliphatic rings. The van der Waals surface area contributed by atoms with Gasteiger partial charge < -0.3 is 14.7 Å². The van der Waals surface area contributed by atoms with E-state index in [9.17, 15) is 5.11 Å². The molecule has 0 aromatic heterocycles. The molecule has 0 heterocycles. The van der Waals surface area contributed by atoms with Crippen LogP contribution in [0.3, 0.4) is 0 Å². The Kier molecular flexibility index (Phi) is 6.82. The average molecular weight is 327 g/mol. The van der Waals surface area contributed by atoms with Gasteiger partial charge in [0.1, 0.15) is 6.54 Å². The van der Waals surface area contributed by atoms with E-state index in [2.05, 4.69) is 43.1 Å². The van der Waals surface area contributed by atoms with Crippen LogP contribution in [0.4, 0.5) is 0 Å². The summed E-state index contributed by atoms with van der Waals surface area (Å²) in [4.78, 5) is 6.00. The van der Waals surface area contributed by atoms with E-state index in [0.29, 0.717) is 17.9 Å². The zero-order chi connectivity index (χ0) is 17.4. The van der Waals surface area contributed by atoms with Crippen LogP contribution in [0, 0.1) is 0 Å². The molecule has 0 atom stereocenters. The molecule has 24 heavy (non-hydrogen) atoms. The van der Waals surface area contributed by atoms with Crippen LogP contribution in [-0.4, -0.2) is 31.5 Å². The second kappa shape index (κ2) is 9.08. The minimum Gasteiger partial charge on any atom is -0.504 e. The molecule has 0 amide bonds. The fourth-order valence-electron chi connectivity index (χ4n) is 2.61. The van der Waals surface area contributed by atoms with Gasteiger partial charge in [-0.3, -0.25) is 4.99 Å². The Morgan fingerprint density at radius 1 is 1.04 bits per heavy atom. The Bertz CT molecular complexity index is 662. The van der Waals surface area contributed by atoms with Crippen LogP contribution in [0.25, 0.3) is 0 Å². The van der Waals surface area contributed by atoms with E-state index in [-0.39, 0.29) is 5.75 Å². The molecule has 4 nitrogen and oxygen atoms in total. The molecule has 0 bridgehead atoms. The number of methoxy groups -OCH3 is 1. The lowest BCUT2D eigenvalue weighted by Crippen LogP contribution is -3.10. The first kappa shape index (κ1) is 18.0. The number of hydrogen-bond acceptors (Lipinski definition) is 3. The summed E-state index contributed by atoms with van der Waals surface area (Å²) in [6.45, 7) is 8.38. The van der Waals surface area contributed by atoms with Crippen LogP contribution in [0.2, 0.25) is 0 Å². The maximum absolute atomic E-state index is 10.0. The maximum atomic E-state index is 10.0. The molecule has 0 saturated carbocycles. The number of benzene rings is 2. The smallest absolute Gasteiger partial charge is 0.166 e. The van der Waals surface area contributed by atoms with Crippen LogP contribution in [0.15, 0.2) is 47.5 Å². The van der Waals surface area contributed by atoms with E-state index in [4.69, 9.17) is 4.74 Å². The van der Waals surface area contributed by atoms with Gasteiger partial charge in [0, 0.05) is 17.3 Å². The lowest BCUT2D eigenvalue weighted by molar-refractivity contribution is -0.910. The number of hydrogen-bond donors (Lipinski definition) is 2. The van der Waals surface area contributed by atoms with E-state index in [1.807, 2.05) is 12.1 Å². The van der Waals surface area contributed by atoms with Crippen LogP contribution < -0.4 is 9.64 Å². The number of aromatic hydroxyl groups is 1. The summed E-state index contributed by atoms with van der Waals surface area (Å²) in [7, 11) is 1.54. The van der Waals surface area contributed by atoms with Gasteiger partial charge >= 0.3 is 0 Å². The molecule has 0 aliphatic carbocycles. The van der Waals surface area contributed by atoms with Crippen LogP contribution in [-0.2, 0) is 13.1 Å². The van der Waals surface area contributed by atoms with Gasteiger partial charge in [0.2, 0.25) is 0 Å². The average Bonchev–Trinajstić information content (AvgIpc) is 2.62. The standard InChI is InChI=1S/C20H26N2O2/c1-4-22(5-2)15-17-11-9-16(10-12-17)13-21-14-18-7-6-8-19(24-3)20(18)23/h6-12,14,23H,4-5,13,15H2,1-3H3/p+1. The van der Waals surface area contributed by atoms with Gasteiger partial charge in [-0.1, -0.05) is 30.3 Å². The molecule has 128 valence electrons. The summed E-state index contributed by atoms with van der Waals surface area (Å²) in [5, 5.41) is 10.0. The summed E-state index contributed by atoms with van der Waals surface area (Å²) >= 11 is 0. The lowest BCUT2D eigenvalue weighted by atomic mass is 10.1. The Morgan fingerprint density at radius 2 is 1.71 bits per heavy atom. The van der Waals surface area contributed by atoms with Crippen molar-refractivity contribution in [2.45, 2.75) is 26.9 Å². The van der Waals surface area contributed by atoms with E-state index in [1.54, 1.807) is 17.2 Å². The highest BCUT2D eigenvalue weighted by Crippen LogP contribution is 2.28. The van der Waals surface area contributed by atoms with Crippen molar-refractivity contribution in [2.24, 2.45) is 4.99 Å². The molecule has 0 spiro atoms. The first-order valence-electron chi connectivity index (χ1n) is 8.45. The SMILES string of the molecule is CC[NH+](CC)Cc1ccc(CN=Cc2cccc(OC)c2O)cc1. The number of ether oxygens (including phenoxy) is 1. The highest BCUT2D eigenvalue weighted by atomic mass is 16.5. The maximum Gasteiger partial charge on any atom is 0.166 e. The summed E-state index contributed by atoms with van der Waals surface area (Å²) in [6.07, 6.45) is 1.69. The number of quaternary nitrogens is 1. The van der Waals surface area contributed by atoms with E-state index >= 15 is 0 Å². The topological polar surface area (TPSA) is 46.3 Å². The predicted octanol–water partition coefficient (Wildman–Crippen LogP) is 2.44. The lowest BCUT2D eigenvalue weighted by Gasteiger charge is -2.15. The third-order valence-corrected chi connectivity index (χ3v) is 4.23. The monoisotopic (exact) mass is 327 g/mol. The van der Waals surface area contributed by atoms with Gasteiger partial charge in [0.25, 0.3) is 0 Å². The molecule has 2 aromatic rings. The Labute approximate surface area is 144 Å². The first-order valence-corrected chi connectivity index (χ1v) is 8.45. The van der Waals surface area contributed by atoms with Gasteiger partial charge in [-0.2, -0.15) is 0 Å². The zero-order valence-electron chi connectivity index (χ0n) is 14.7. The molecule has 0 unspecified atom stereocenters. The summed E-state index contributed by atoms with van der Waals surface area (Å²) < 4.78 is 5.10. The molecule has 2 N–H and O–H groups in total. The molecule has 0 saturated heterocycles. The summed E-state index contributed by atoms with van der Waals surface area (Å²) in [5.74, 6) is 0.587. The largest absolute Gasteiger partial charge is 0.504 e. The molecule has 2 aromatic carbocycles. The Balaban J connectivity index is 1.97. The number of phenols is 1. The number of nitrogens with zero attached hydrogens (tertiary/aromatic N) is 1. The number of rotatable bonds is 8. The van der Waals surface area contributed by atoms with Crippen LogP contribution in [0.1, 0.15) is 30.5 Å². The minimum atomic E-state index is 0.126. The molecule has 0 aliphatic heterocycles. The van der Waals surface area contributed by atoms with Crippen molar-refractivity contribution in [3.05, 3.63) is 59.2 Å². The van der Waals surface area contributed by atoms with E-state index in [0.717, 1.165) is 25.2 Å². The second-order valence-electron chi connectivity index (χ2n) is 5.82. The summed E-state index contributed by atoms with van der Waals surface area (Å²) in [5.41, 5.74) is 3.18. The number of phenolic OH excluding ortho intramolecular Hbond substituents is 1. The fraction of sp³-hybridized carbons (Fsp3) is 0.350. The van der Waals surface area contributed by atoms with Gasteiger partial charge in [-0.25, -0.2) is 0 Å². The molecule has 4 heteroatoms. The quantitative estimate of drug-likeness (QED) is 0.732. The first-order chi connectivity index (χ1) is 11.7. The highest BCUT2D eigenvalue weighted by molar-refractivity contribution is 5.84. The third-order valence-electron chi connectivity index (χ3n) is 4.23. The van der Waals surface area contributed by atoms with Crippen LogP contribution >= 0.6 is 0 Å². The van der Waals surface area contributed by atoms with Gasteiger partial charge in [0.05, 0.1) is 26.7 Å². The van der Waals surface area contributed by atoms with Crippen molar-refractivity contribution in [1.82, 2.24) is 0 Å². The predicted molar refractivity (Wildman–Crippen MR) is 98.1 cm³/mol. The second-order valence-corrected chi connectivity index (χ2v) is 5.82. The molecule has 0 fully saturated rings. The van der Waals surface area contributed by atoms with Gasteiger partial charge in [0.15, 0.2) is 11.5 Å². The van der Waals surface area contributed by atoms with Crippen molar-refractivity contribution in [2.75, 3.05) is 20.2 Å². The Morgan fingerprint density at radius 3 is 2.33 bits per heavy atom. The minimum absolute atomic E-state index is 0.126. The molecule has 2 rings (SSSR count). The molecular formula is C20H27N2O2+. The van der Waals surface area contributed by atoms with Crippen molar-refractivity contribution in [1.29, 1.82) is 0 Å². The zero-order valence-corrected chi connectivity index (χ0v) is 14.7. The van der Waals surface area contributed by atoms with E-state index < -0.39 is 0 Å². The van der Waals surface area contributed by atoms with Crippen molar-refractivity contribution in [3.8, 4) is 11.5 Å². The Hall–Kier alpha value is -2.33.